The Morgan fingerprint density at radius 1 is 0.970 bits per heavy atom. The summed E-state index contributed by atoms with van der Waals surface area (Å²) in [6, 6.07) is 16.5. The number of carbonyl (C=O) groups excluding carboxylic acids is 2. The minimum atomic E-state index is -0.867. The van der Waals surface area contributed by atoms with E-state index >= 15 is 0 Å². The highest BCUT2D eigenvalue weighted by atomic mass is 35.5. The largest absolute Gasteiger partial charge is 0.507 e. The molecule has 3 aromatic carbocycles. The van der Waals surface area contributed by atoms with E-state index in [-0.39, 0.29) is 16.4 Å². The second kappa shape index (κ2) is 8.93. The Morgan fingerprint density at radius 2 is 1.70 bits per heavy atom. The fourth-order valence-corrected chi connectivity index (χ4v) is 4.37. The van der Waals surface area contributed by atoms with Crippen molar-refractivity contribution in [3.8, 4) is 5.75 Å². The third-order valence-electron chi connectivity index (χ3n) is 5.72. The van der Waals surface area contributed by atoms with Crippen molar-refractivity contribution in [3.63, 3.8) is 0 Å². The SMILES string of the molecule is COc1ccc(C)cc1/C(O)=C1\C(=O)C(=O)N(c2ccc(Cl)c(Cl)c2)C1c1ccccc1C. The van der Waals surface area contributed by atoms with Gasteiger partial charge in [-0.25, -0.2) is 0 Å². The number of aliphatic hydroxyl groups is 1. The van der Waals surface area contributed by atoms with E-state index < -0.39 is 17.7 Å². The van der Waals surface area contributed by atoms with Gasteiger partial charge in [-0.05, 0) is 55.3 Å². The van der Waals surface area contributed by atoms with Crippen molar-refractivity contribution >= 4 is 46.3 Å². The number of carbonyl (C=O) groups is 2. The molecule has 4 rings (SSSR count). The Bertz CT molecular complexity index is 1320. The van der Waals surface area contributed by atoms with Gasteiger partial charge in [-0.2, -0.15) is 0 Å². The van der Waals surface area contributed by atoms with Crippen molar-refractivity contribution in [3.05, 3.63) is 98.5 Å². The number of benzene rings is 3. The summed E-state index contributed by atoms with van der Waals surface area (Å²) < 4.78 is 5.41. The van der Waals surface area contributed by atoms with Crippen LogP contribution in [0.5, 0.6) is 5.75 Å². The Hall–Kier alpha value is -3.28. The predicted molar refractivity (Wildman–Crippen MR) is 130 cm³/mol. The quantitative estimate of drug-likeness (QED) is 0.271. The van der Waals surface area contributed by atoms with Crippen molar-refractivity contribution in [2.45, 2.75) is 19.9 Å². The van der Waals surface area contributed by atoms with Crippen LogP contribution in [0.15, 0.2) is 66.2 Å². The lowest BCUT2D eigenvalue weighted by atomic mass is 9.92. The van der Waals surface area contributed by atoms with E-state index in [4.69, 9.17) is 27.9 Å². The first kappa shape index (κ1) is 22.9. The van der Waals surface area contributed by atoms with E-state index in [0.717, 1.165) is 11.1 Å². The molecule has 5 nitrogen and oxygen atoms in total. The van der Waals surface area contributed by atoms with Crippen LogP contribution in [0, 0.1) is 13.8 Å². The maximum atomic E-state index is 13.3. The van der Waals surface area contributed by atoms with Crippen LogP contribution in [0.25, 0.3) is 5.76 Å². The van der Waals surface area contributed by atoms with Crippen LogP contribution in [0.3, 0.4) is 0 Å². The summed E-state index contributed by atoms with van der Waals surface area (Å²) in [6.45, 7) is 3.75. The van der Waals surface area contributed by atoms with Gasteiger partial charge in [0.05, 0.1) is 34.3 Å². The van der Waals surface area contributed by atoms with E-state index in [1.807, 2.05) is 44.2 Å². The minimum Gasteiger partial charge on any atom is -0.507 e. The molecule has 0 radical (unpaired) electrons. The first-order chi connectivity index (χ1) is 15.7. The zero-order chi connectivity index (χ0) is 23.9. The lowest BCUT2D eigenvalue weighted by molar-refractivity contribution is -0.132. The number of methoxy groups -OCH3 is 1. The number of anilines is 1. The second-order valence-electron chi connectivity index (χ2n) is 7.83. The van der Waals surface area contributed by atoms with Gasteiger partial charge >= 0.3 is 0 Å². The summed E-state index contributed by atoms with van der Waals surface area (Å²) in [5.74, 6) is -1.47. The highest BCUT2D eigenvalue weighted by Gasteiger charge is 2.47. The Labute approximate surface area is 201 Å². The standard InChI is InChI=1S/C26H21Cl2NO4/c1-14-8-11-21(33-3)18(12-14)24(30)22-23(17-7-5-4-6-15(17)2)29(26(32)25(22)31)16-9-10-19(27)20(28)13-16/h4-13,23,30H,1-3H3/b24-22+. The van der Waals surface area contributed by atoms with E-state index in [9.17, 15) is 14.7 Å². The number of rotatable bonds is 4. The molecule has 168 valence electrons. The summed E-state index contributed by atoms with van der Waals surface area (Å²) in [4.78, 5) is 28.0. The number of aryl methyl sites for hydroxylation is 2. The summed E-state index contributed by atoms with van der Waals surface area (Å²) in [6.07, 6.45) is 0. The van der Waals surface area contributed by atoms with Crippen LogP contribution in [0.4, 0.5) is 5.69 Å². The molecule has 1 aliphatic heterocycles. The molecular weight excluding hydrogens is 461 g/mol. The molecule has 1 N–H and O–H groups in total. The van der Waals surface area contributed by atoms with E-state index in [1.54, 1.807) is 24.3 Å². The van der Waals surface area contributed by atoms with Gasteiger partial charge in [-0.3, -0.25) is 14.5 Å². The Balaban J connectivity index is 2.02. The summed E-state index contributed by atoms with van der Waals surface area (Å²) in [7, 11) is 1.48. The molecule has 1 aliphatic rings. The number of halogens is 2. The first-order valence-electron chi connectivity index (χ1n) is 10.2. The monoisotopic (exact) mass is 481 g/mol. The molecule has 1 saturated heterocycles. The van der Waals surface area contributed by atoms with Crippen LogP contribution in [0.1, 0.15) is 28.3 Å². The molecule has 0 aliphatic carbocycles. The number of ketones is 1. The van der Waals surface area contributed by atoms with E-state index in [1.165, 1.54) is 18.1 Å². The number of ether oxygens (including phenoxy) is 1. The first-order valence-corrected chi connectivity index (χ1v) is 11.0. The minimum absolute atomic E-state index is 0.0238. The molecule has 0 saturated carbocycles. The molecule has 1 fully saturated rings. The normalized spacial score (nSPS) is 17.5. The third kappa shape index (κ3) is 3.99. The number of Topliss-reactive ketones (excluding diaryl/α,β-unsaturated/α-hetero) is 1. The smallest absolute Gasteiger partial charge is 0.300 e. The fraction of sp³-hybridized carbons (Fsp3) is 0.154. The number of hydrogen-bond acceptors (Lipinski definition) is 4. The van der Waals surface area contributed by atoms with Crippen molar-refractivity contribution in [1.29, 1.82) is 0 Å². The molecule has 3 aromatic rings. The molecular formula is C26H21Cl2NO4. The molecule has 1 amide bonds. The van der Waals surface area contributed by atoms with Crippen LogP contribution < -0.4 is 9.64 Å². The molecule has 0 spiro atoms. The van der Waals surface area contributed by atoms with Gasteiger partial charge in [0, 0.05) is 5.69 Å². The lowest BCUT2D eigenvalue weighted by Crippen LogP contribution is -2.29. The molecule has 33 heavy (non-hydrogen) atoms. The Morgan fingerprint density at radius 3 is 2.36 bits per heavy atom. The average molecular weight is 482 g/mol. The summed E-state index contributed by atoms with van der Waals surface area (Å²) >= 11 is 12.3. The topological polar surface area (TPSA) is 66.8 Å². The predicted octanol–water partition coefficient (Wildman–Crippen LogP) is 6.25. The number of amides is 1. The fourth-order valence-electron chi connectivity index (χ4n) is 4.07. The Kier molecular flexibility index (Phi) is 6.19. The van der Waals surface area contributed by atoms with Crippen LogP contribution in [0.2, 0.25) is 10.0 Å². The highest BCUT2D eigenvalue weighted by Crippen LogP contribution is 2.45. The molecule has 0 aromatic heterocycles. The molecule has 0 bridgehead atoms. The average Bonchev–Trinajstić information content (AvgIpc) is 3.06. The van der Waals surface area contributed by atoms with Gasteiger partial charge in [-0.15, -0.1) is 0 Å². The zero-order valence-electron chi connectivity index (χ0n) is 18.2. The molecule has 1 unspecified atom stereocenters. The summed E-state index contributed by atoms with van der Waals surface area (Å²) in [5, 5.41) is 12.0. The van der Waals surface area contributed by atoms with E-state index in [0.29, 0.717) is 27.6 Å². The van der Waals surface area contributed by atoms with Crippen molar-refractivity contribution in [2.24, 2.45) is 0 Å². The number of hydrogen-bond donors (Lipinski definition) is 1. The molecule has 1 heterocycles. The van der Waals surface area contributed by atoms with Crippen molar-refractivity contribution < 1.29 is 19.4 Å². The number of nitrogens with zero attached hydrogens (tertiary/aromatic N) is 1. The van der Waals surface area contributed by atoms with Gasteiger partial charge < -0.3 is 9.84 Å². The van der Waals surface area contributed by atoms with Gasteiger partial charge in [0.2, 0.25) is 0 Å². The highest BCUT2D eigenvalue weighted by molar-refractivity contribution is 6.52. The lowest BCUT2D eigenvalue weighted by Gasteiger charge is -2.27. The third-order valence-corrected chi connectivity index (χ3v) is 6.46. The van der Waals surface area contributed by atoms with Gasteiger partial charge in [0.1, 0.15) is 11.5 Å². The van der Waals surface area contributed by atoms with Crippen molar-refractivity contribution in [1.82, 2.24) is 0 Å². The maximum absolute atomic E-state index is 13.3. The van der Waals surface area contributed by atoms with Gasteiger partial charge in [0.15, 0.2) is 0 Å². The van der Waals surface area contributed by atoms with Crippen LogP contribution >= 0.6 is 23.2 Å². The second-order valence-corrected chi connectivity index (χ2v) is 8.64. The van der Waals surface area contributed by atoms with Gasteiger partial charge in [-0.1, -0.05) is 59.1 Å². The summed E-state index contributed by atoms with van der Waals surface area (Å²) in [5.41, 5.74) is 3.14. The van der Waals surface area contributed by atoms with Crippen LogP contribution in [-0.2, 0) is 9.59 Å². The number of aliphatic hydroxyl groups excluding tert-OH is 1. The van der Waals surface area contributed by atoms with E-state index in [2.05, 4.69) is 0 Å². The maximum Gasteiger partial charge on any atom is 0.300 e. The van der Waals surface area contributed by atoms with Crippen LogP contribution in [-0.4, -0.2) is 23.9 Å². The van der Waals surface area contributed by atoms with Gasteiger partial charge in [0.25, 0.3) is 11.7 Å². The molecule has 7 heteroatoms. The van der Waals surface area contributed by atoms with Crippen molar-refractivity contribution in [2.75, 3.05) is 12.0 Å². The zero-order valence-corrected chi connectivity index (χ0v) is 19.7. The molecule has 1 atom stereocenters.